The van der Waals surface area contributed by atoms with E-state index in [4.69, 9.17) is 9.47 Å². The van der Waals surface area contributed by atoms with Gasteiger partial charge in [0.2, 0.25) is 5.95 Å². The van der Waals surface area contributed by atoms with Crippen LogP contribution in [0.4, 0.5) is 11.6 Å². The van der Waals surface area contributed by atoms with Crippen LogP contribution in [-0.4, -0.2) is 23.0 Å². The molecule has 33 heavy (non-hydrogen) atoms. The SMILES string of the molecule is COc1cc(CNC(=O)c2cccc(Nc3ncccn3)c2)ccc1OCc1ccccc1. The second-order valence-electron chi connectivity index (χ2n) is 7.22. The third kappa shape index (κ3) is 6.07. The van der Waals surface area contributed by atoms with Gasteiger partial charge in [0.05, 0.1) is 7.11 Å². The average molecular weight is 441 g/mol. The lowest BCUT2D eigenvalue weighted by Crippen LogP contribution is -2.22. The molecule has 0 saturated heterocycles. The normalized spacial score (nSPS) is 10.3. The highest BCUT2D eigenvalue weighted by atomic mass is 16.5. The van der Waals surface area contributed by atoms with Crippen molar-refractivity contribution in [1.29, 1.82) is 0 Å². The zero-order valence-electron chi connectivity index (χ0n) is 18.2. The van der Waals surface area contributed by atoms with E-state index in [0.717, 1.165) is 16.8 Å². The van der Waals surface area contributed by atoms with Crippen molar-refractivity contribution >= 4 is 17.5 Å². The molecule has 0 radical (unpaired) electrons. The number of benzene rings is 3. The van der Waals surface area contributed by atoms with Crippen LogP contribution >= 0.6 is 0 Å². The Kier molecular flexibility index (Phi) is 7.12. The first-order valence-electron chi connectivity index (χ1n) is 10.5. The van der Waals surface area contributed by atoms with Gasteiger partial charge in [0.25, 0.3) is 5.91 Å². The fourth-order valence-corrected chi connectivity index (χ4v) is 3.19. The molecule has 1 heterocycles. The molecule has 0 unspecified atom stereocenters. The maximum absolute atomic E-state index is 12.7. The summed E-state index contributed by atoms with van der Waals surface area (Å²) in [5.74, 6) is 1.55. The summed E-state index contributed by atoms with van der Waals surface area (Å²) < 4.78 is 11.4. The van der Waals surface area contributed by atoms with Crippen LogP contribution in [0.1, 0.15) is 21.5 Å². The van der Waals surface area contributed by atoms with Gasteiger partial charge in [0, 0.05) is 30.2 Å². The molecule has 4 rings (SSSR count). The molecule has 0 fully saturated rings. The summed E-state index contributed by atoms with van der Waals surface area (Å²) in [4.78, 5) is 20.9. The minimum absolute atomic E-state index is 0.184. The lowest BCUT2D eigenvalue weighted by Gasteiger charge is -2.13. The Bertz CT molecular complexity index is 1200. The smallest absolute Gasteiger partial charge is 0.251 e. The van der Waals surface area contributed by atoms with Crippen LogP contribution in [0.2, 0.25) is 0 Å². The molecule has 7 nitrogen and oxygen atoms in total. The highest BCUT2D eigenvalue weighted by Crippen LogP contribution is 2.29. The quantitative estimate of drug-likeness (QED) is 0.391. The second kappa shape index (κ2) is 10.8. The second-order valence-corrected chi connectivity index (χ2v) is 7.22. The molecule has 0 aliphatic rings. The number of hydrogen-bond donors (Lipinski definition) is 2. The van der Waals surface area contributed by atoms with E-state index in [2.05, 4.69) is 20.6 Å². The Morgan fingerprint density at radius 2 is 1.67 bits per heavy atom. The number of anilines is 2. The van der Waals surface area contributed by atoms with Gasteiger partial charge >= 0.3 is 0 Å². The molecule has 4 aromatic rings. The topological polar surface area (TPSA) is 85.4 Å². The first-order chi connectivity index (χ1) is 16.2. The van der Waals surface area contributed by atoms with E-state index in [9.17, 15) is 4.79 Å². The Balaban J connectivity index is 1.36. The first kappa shape index (κ1) is 21.8. The summed E-state index contributed by atoms with van der Waals surface area (Å²) in [6.45, 7) is 0.805. The Morgan fingerprint density at radius 1 is 0.848 bits per heavy atom. The van der Waals surface area contributed by atoms with Crippen molar-refractivity contribution in [1.82, 2.24) is 15.3 Å². The number of nitrogens with one attached hydrogen (secondary N) is 2. The van der Waals surface area contributed by atoms with Crippen molar-refractivity contribution in [2.24, 2.45) is 0 Å². The van der Waals surface area contributed by atoms with Crippen molar-refractivity contribution in [3.63, 3.8) is 0 Å². The van der Waals surface area contributed by atoms with Gasteiger partial charge in [0.1, 0.15) is 6.61 Å². The van der Waals surface area contributed by atoms with E-state index >= 15 is 0 Å². The molecular formula is C26H24N4O3. The molecule has 7 heteroatoms. The van der Waals surface area contributed by atoms with E-state index in [1.165, 1.54) is 0 Å². The zero-order chi connectivity index (χ0) is 22.9. The molecule has 0 saturated carbocycles. The number of ether oxygens (including phenoxy) is 2. The number of carbonyl (C=O) groups excluding carboxylic acids is 1. The van der Waals surface area contributed by atoms with Gasteiger partial charge in [-0.2, -0.15) is 0 Å². The van der Waals surface area contributed by atoms with Crippen molar-refractivity contribution in [2.75, 3.05) is 12.4 Å². The third-order valence-corrected chi connectivity index (χ3v) is 4.86. The predicted molar refractivity (Wildman–Crippen MR) is 127 cm³/mol. The van der Waals surface area contributed by atoms with Crippen molar-refractivity contribution in [3.05, 3.63) is 108 Å². The largest absolute Gasteiger partial charge is 0.493 e. The van der Waals surface area contributed by atoms with E-state index in [1.54, 1.807) is 37.7 Å². The number of aromatic nitrogens is 2. The summed E-state index contributed by atoms with van der Waals surface area (Å²) in [5, 5.41) is 6.03. The van der Waals surface area contributed by atoms with Crippen LogP contribution in [0.5, 0.6) is 11.5 Å². The van der Waals surface area contributed by atoms with Crippen LogP contribution in [-0.2, 0) is 13.2 Å². The van der Waals surface area contributed by atoms with Crippen LogP contribution in [0.15, 0.2) is 91.3 Å². The zero-order valence-corrected chi connectivity index (χ0v) is 18.2. The van der Waals surface area contributed by atoms with E-state index in [1.807, 2.05) is 60.7 Å². The molecule has 0 bridgehead atoms. The van der Waals surface area contributed by atoms with E-state index < -0.39 is 0 Å². The summed E-state index contributed by atoms with van der Waals surface area (Å²) in [5.41, 5.74) is 3.24. The van der Waals surface area contributed by atoms with E-state index in [0.29, 0.717) is 36.2 Å². The highest BCUT2D eigenvalue weighted by molar-refractivity contribution is 5.95. The highest BCUT2D eigenvalue weighted by Gasteiger charge is 2.10. The van der Waals surface area contributed by atoms with Gasteiger partial charge in [-0.1, -0.05) is 42.5 Å². The number of carbonyl (C=O) groups is 1. The van der Waals surface area contributed by atoms with Crippen molar-refractivity contribution < 1.29 is 14.3 Å². The van der Waals surface area contributed by atoms with Gasteiger partial charge < -0.3 is 20.1 Å². The monoisotopic (exact) mass is 440 g/mol. The Labute approximate surface area is 192 Å². The minimum Gasteiger partial charge on any atom is -0.493 e. The molecular weight excluding hydrogens is 416 g/mol. The standard InChI is InChI=1S/C26H24N4O3/c1-32-24-15-20(11-12-23(24)33-18-19-7-3-2-4-8-19)17-29-25(31)21-9-5-10-22(16-21)30-26-27-13-6-14-28-26/h2-16H,17-18H2,1H3,(H,29,31)(H,27,28,30). The Hall–Kier alpha value is -4.39. The van der Waals surface area contributed by atoms with Crippen LogP contribution < -0.4 is 20.1 Å². The van der Waals surface area contributed by atoms with Crippen molar-refractivity contribution in [2.45, 2.75) is 13.2 Å². The Morgan fingerprint density at radius 3 is 2.45 bits per heavy atom. The summed E-state index contributed by atoms with van der Waals surface area (Å²) in [7, 11) is 1.60. The molecule has 0 spiro atoms. The summed E-state index contributed by atoms with van der Waals surface area (Å²) in [6.07, 6.45) is 3.30. The number of rotatable bonds is 9. The molecule has 0 aliphatic carbocycles. The molecule has 1 amide bonds. The molecule has 1 aromatic heterocycles. The maximum atomic E-state index is 12.7. The van der Waals surface area contributed by atoms with Gasteiger partial charge in [0.15, 0.2) is 11.5 Å². The van der Waals surface area contributed by atoms with Gasteiger partial charge in [-0.05, 0) is 47.5 Å². The maximum Gasteiger partial charge on any atom is 0.251 e. The summed E-state index contributed by atoms with van der Waals surface area (Å²) in [6, 6.07) is 24.5. The van der Waals surface area contributed by atoms with Crippen LogP contribution in [0, 0.1) is 0 Å². The lowest BCUT2D eigenvalue weighted by atomic mass is 10.1. The predicted octanol–water partition coefficient (Wildman–Crippen LogP) is 4.74. The molecule has 3 aromatic carbocycles. The number of amides is 1. The fraction of sp³-hybridized carbons (Fsp3) is 0.115. The number of methoxy groups -OCH3 is 1. The lowest BCUT2D eigenvalue weighted by molar-refractivity contribution is 0.0951. The van der Waals surface area contributed by atoms with Crippen LogP contribution in [0.25, 0.3) is 0 Å². The minimum atomic E-state index is -0.184. The van der Waals surface area contributed by atoms with E-state index in [-0.39, 0.29) is 5.91 Å². The van der Waals surface area contributed by atoms with Gasteiger partial charge in [-0.15, -0.1) is 0 Å². The number of hydrogen-bond acceptors (Lipinski definition) is 6. The van der Waals surface area contributed by atoms with Gasteiger partial charge in [-0.25, -0.2) is 9.97 Å². The van der Waals surface area contributed by atoms with Gasteiger partial charge in [-0.3, -0.25) is 4.79 Å². The molecule has 0 atom stereocenters. The molecule has 0 aliphatic heterocycles. The molecule has 2 N–H and O–H groups in total. The summed E-state index contributed by atoms with van der Waals surface area (Å²) >= 11 is 0. The van der Waals surface area contributed by atoms with Crippen LogP contribution in [0.3, 0.4) is 0 Å². The fourth-order valence-electron chi connectivity index (χ4n) is 3.19. The number of nitrogens with zero attached hydrogens (tertiary/aromatic N) is 2. The third-order valence-electron chi connectivity index (χ3n) is 4.86. The van der Waals surface area contributed by atoms with Crippen molar-refractivity contribution in [3.8, 4) is 11.5 Å². The average Bonchev–Trinajstić information content (AvgIpc) is 2.87. The molecule has 166 valence electrons. The first-order valence-corrected chi connectivity index (χ1v) is 10.5.